The van der Waals surface area contributed by atoms with Gasteiger partial charge in [-0.15, -0.1) is 0 Å². The number of rotatable bonds is 8. The third-order valence-corrected chi connectivity index (χ3v) is 4.86. The van der Waals surface area contributed by atoms with Crippen LogP contribution in [0.15, 0.2) is 36.5 Å². The highest BCUT2D eigenvalue weighted by atomic mass is 16.2. The van der Waals surface area contributed by atoms with E-state index < -0.39 is 11.5 Å². The number of H-pyrrole nitrogens is 1. The van der Waals surface area contributed by atoms with Crippen LogP contribution in [-0.4, -0.2) is 44.4 Å². The van der Waals surface area contributed by atoms with Gasteiger partial charge in [0, 0.05) is 18.0 Å². The lowest BCUT2D eigenvalue weighted by Gasteiger charge is -2.29. The van der Waals surface area contributed by atoms with Crippen LogP contribution >= 0.6 is 0 Å². The van der Waals surface area contributed by atoms with E-state index in [1.165, 1.54) is 0 Å². The van der Waals surface area contributed by atoms with Crippen LogP contribution in [-0.2, 0) is 11.3 Å². The Kier molecular flexibility index (Phi) is 6.51. The number of aromatic nitrogens is 4. The number of amides is 2. The van der Waals surface area contributed by atoms with Gasteiger partial charge in [0.05, 0.1) is 11.7 Å². The van der Waals surface area contributed by atoms with E-state index in [0.717, 1.165) is 23.7 Å². The molecule has 0 aliphatic heterocycles. The lowest BCUT2D eigenvalue weighted by molar-refractivity contribution is -0.120. The van der Waals surface area contributed by atoms with Crippen molar-refractivity contribution in [2.45, 2.75) is 46.2 Å². The molecular formula is C21H29N7O2. The molecule has 5 N–H and O–H groups in total. The maximum atomic E-state index is 13.2. The SMILES string of the molecule is CC(C)(C)C(NC(=O)c1nn(CCCCN)c2ccccc12)C(=O)Nc1ccn[nH]1. The minimum atomic E-state index is -0.769. The van der Waals surface area contributed by atoms with Crippen molar-refractivity contribution in [2.24, 2.45) is 11.1 Å². The fourth-order valence-corrected chi connectivity index (χ4v) is 3.28. The number of carbonyl (C=O) groups is 2. The van der Waals surface area contributed by atoms with Gasteiger partial charge in [-0.25, -0.2) is 0 Å². The van der Waals surface area contributed by atoms with Crippen LogP contribution in [0.1, 0.15) is 44.1 Å². The molecule has 3 aromatic rings. The van der Waals surface area contributed by atoms with E-state index in [4.69, 9.17) is 5.73 Å². The molecule has 9 heteroatoms. The van der Waals surface area contributed by atoms with Gasteiger partial charge in [0.25, 0.3) is 5.91 Å². The average molecular weight is 412 g/mol. The summed E-state index contributed by atoms with van der Waals surface area (Å²) in [4.78, 5) is 26.0. The van der Waals surface area contributed by atoms with Crippen LogP contribution in [0.3, 0.4) is 0 Å². The second kappa shape index (κ2) is 9.08. The first-order valence-corrected chi connectivity index (χ1v) is 10.1. The van der Waals surface area contributed by atoms with Crippen LogP contribution < -0.4 is 16.4 Å². The molecule has 30 heavy (non-hydrogen) atoms. The maximum Gasteiger partial charge on any atom is 0.273 e. The molecule has 2 heterocycles. The topological polar surface area (TPSA) is 131 Å². The van der Waals surface area contributed by atoms with E-state index >= 15 is 0 Å². The van der Waals surface area contributed by atoms with Crippen molar-refractivity contribution >= 4 is 28.5 Å². The third kappa shape index (κ3) is 4.85. The van der Waals surface area contributed by atoms with Crippen molar-refractivity contribution in [3.05, 3.63) is 42.2 Å². The zero-order valence-electron chi connectivity index (χ0n) is 17.6. The Bertz CT molecular complexity index is 1000. The Balaban J connectivity index is 1.85. The summed E-state index contributed by atoms with van der Waals surface area (Å²) in [6, 6.07) is 8.48. The number of aromatic amines is 1. The Labute approximate surface area is 175 Å². The molecular weight excluding hydrogens is 382 g/mol. The van der Waals surface area contributed by atoms with Crippen molar-refractivity contribution in [2.75, 3.05) is 11.9 Å². The fourth-order valence-electron chi connectivity index (χ4n) is 3.28. The standard InChI is InChI=1S/C21H29N7O2/c1-21(2,3)18(20(30)24-16-10-12-23-26-16)25-19(29)17-14-8-4-5-9-15(14)28(27-17)13-7-6-11-22/h4-5,8-10,12,18H,6-7,11,13,22H2,1-3H3,(H,25,29)(H2,23,24,26,30). The number of anilines is 1. The molecule has 2 aromatic heterocycles. The summed E-state index contributed by atoms with van der Waals surface area (Å²) in [5.41, 5.74) is 6.27. The molecule has 0 aliphatic rings. The molecule has 1 aromatic carbocycles. The van der Waals surface area contributed by atoms with Crippen molar-refractivity contribution in [3.63, 3.8) is 0 Å². The molecule has 0 aliphatic carbocycles. The van der Waals surface area contributed by atoms with Gasteiger partial charge in [0.15, 0.2) is 5.69 Å². The minimum absolute atomic E-state index is 0.307. The van der Waals surface area contributed by atoms with Crippen LogP contribution in [0.2, 0.25) is 0 Å². The molecule has 0 radical (unpaired) electrons. The van der Waals surface area contributed by atoms with Gasteiger partial charge < -0.3 is 16.4 Å². The molecule has 0 bridgehead atoms. The van der Waals surface area contributed by atoms with Gasteiger partial charge in [0.2, 0.25) is 5.91 Å². The van der Waals surface area contributed by atoms with Gasteiger partial charge in [-0.2, -0.15) is 10.2 Å². The normalized spacial score (nSPS) is 12.7. The van der Waals surface area contributed by atoms with Gasteiger partial charge in [-0.1, -0.05) is 39.0 Å². The first-order chi connectivity index (χ1) is 14.3. The van der Waals surface area contributed by atoms with Crippen LogP contribution in [0.5, 0.6) is 0 Å². The van der Waals surface area contributed by atoms with Crippen LogP contribution in [0.4, 0.5) is 5.82 Å². The van der Waals surface area contributed by atoms with Gasteiger partial charge in [0.1, 0.15) is 11.9 Å². The Hall–Kier alpha value is -3.20. The molecule has 0 spiro atoms. The number of aryl methyl sites for hydroxylation is 1. The zero-order chi connectivity index (χ0) is 21.7. The molecule has 0 fully saturated rings. The molecule has 0 saturated carbocycles. The minimum Gasteiger partial charge on any atom is -0.338 e. The number of nitrogens with zero attached hydrogens (tertiary/aromatic N) is 3. The number of hydrogen-bond acceptors (Lipinski definition) is 5. The Morgan fingerprint density at radius 3 is 2.63 bits per heavy atom. The van der Waals surface area contributed by atoms with E-state index in [0.29, 0.717) is 24.6 Å². The van der Waals surface area contributed by atoms with Gasteiger partial charge in [-0.3, -0.25) is 19.4 Å². The largest absolute Gasteiger partial charge is 0.338 e. The molecule has 3 rings (SSSR count). The van der Waals surface area contributed by atoms with Crippen molar-refractivity contribution in [1.29, 1.82) is 0 Å². The molecule has 0 saturated heterocycles. The van der Waals surface area contributed by atoms with E-state index in [2.05, 4.69) is 25.9 Å². The summed E-state index contributed by atoms with van der Waals surface area (Å²) in [7, 11) is 0. The van der Waals surface area contributed by atoms with Crippen LogP contribution in [0, 0.1) is 5.41 Å². The molecule has 160 valence electrons. The van der Waals surface area contributed by atoms with E-state index in [9.17, 15) is 9.59 Å². The number of benzene rings is 1. The van der Waals surface area contributed by atoms with Crippen LogP contribution in [0.25, 0.3) is 10.9 Å². The molecule has 1 unspecified atom stereocenters. The third-order valence-electron chi connectivity index (χ3n) is 4.86. The molecule has 2 amide bonds. The molecule has 1 atom stereocenters. The van der Waals surface area contributed by atoms with Gasteiger partial charge >= 0.3 is 0 Å². The van der Waals surface area contributed by atoms with Crippen molar-refractivity contribution in [3.8, 4) is 0 Å². The van der Waals surface area contributed by atoms with Crippen molar-refractivity contribution in [1.82, 2.24) is 25.3 Å². The molecule has 9 nitrogen and oxygen atoms in total. The number of hydrogen-bond donors (Lipinski definition) is 4. The van der Waals surface area contributed by atoms with E-state index in [1.807, 2.05) is 49.7 Å². The average Bonchev–Trinajstić information content (AvgIpc) is 3.33. The zero-order valence-corrected chi connectivity index (χ0v) is 17.6. The number of para-hydroxylation sites is 1. The first kappa shape index (κ1) is 21.5. The highest BCUT2D eigenvalue weighted by Crippen LogP contribution is 2.23. The highest BCUT2D eigenvalue weighted by molar-refractivity contribution is 6.07. The Morgan fingerprint density at radius 2 is 1.97 bits per heavy atom. The predicted octanol–water partition coefficient (Wildman–Crippen LogP) is 2.28. The monoisotopic (exact) mass is 411 g/mol. The smallest absolute Gasteiger partial charge is 0.273 e. The Morgan fingerprint density at radius 1 is 1.20 bits per heavy atom. The summed E-state index contributed by atoms with van der Waals surface area (Å²) < 4.78 is 1.83. The summed E-state index contributed by atoms with van der Waals surface area (Å²) in [5.74, 6) is -0.242. The lowest BCUT2D eigenvalue weighted by atomic mass is 9.86. The highest BCUT2D eigenvalue weighted by Gasteiger charge is 2.34. The summed E-state index contributed by atoms with van der Waals surface area (Å²) in [5, 5.41) is 17.4. The lowest BCUT2D eigenvalue weighted by Crippen LogP contribution is -2.51. The summed E-state index contributed by atoms with van der Waals surface area (Å²) in [6.45, 7) is 6.98. The predicted molar refractivity (Wildman–Crippen MR) is 116 cm³/mol. The first-order valence-electron chi connectivity index (χ1n) is 10.1. The quantitative estimate of drug-likeness (QED) is 0.422. The maximum absolute atomic E-state index is 13.2. The van der Waals surface area contributed by atoms with E-state index in [-0.39, 0.29) is 11.8 Å². The second-order valence-corrected chi connectivity index (χ2v) is 8.32. The number of nitrogens with one attached hydrogen (secondary N) is 3. The van der Waals surface area contributed by atoms with Gasteiger partial charge in [-0.05, 0) is 30.9 Å². The number of carbonyl (C=O) groups excluding carboxylic acids is 2. The number of fused-ring (bicyclic) bond motifs is 1. The summed E-state index contributed by atoms with van der Waals surface area (Å²) >= 11 is 0. The fraction of sp³-hybridized carbons (Fsp3) is 0.429. The second-order valence-electron chi connectivity index (χ2n) is 8.32. The number of unbranched alkanes of at least 4 members (excludes halogenated alkanes) is 1. The van der Waals surface area contributed by atoms with E-state index in [1.54, 1.807) is 12.3 Å². The summed E-state index contributed by atoms with van der Waals surface area (Å²) in [6.07, 6.45) is 3.31. The van der Waals surface area contributed by atoms with Crippen molar-refractivity contribution < 1.29 is 9.59 Å². The number of nitrogens with two attached hydrogens (primary N) is 1.